The Balaban J connectivity index is 1.69. The van der Waals surface area contributed by atoms with E-state index in [2.05, 4.69) is 22.8 Å². The van der Waals surface area contributed by atoms with Crippen molar-refractivity contribution in [1.82, 2.24) is 14.5 Å². The fourth-order valence-electron chi connectivity index (χ4n) is 3.90. The monoisotopic (exact) mass is 283 g/mol. The zero-order valence-electron chi connectivity index (χ0n) is 12.5. The zero-order valence-corrected chi connectivity index (χ0v) is 12.5. The lowest BCUT2D eigenvalue weighted by atomic mass is 9.95. The van der Waals surface area contributed by atoms with Gasteiger partial charge in [-0.25, -0.2) is 4.98 Å². The van der Waals surface area contributed by atoms with Gasteiger partial charge in [0.05, 0.1) is 11.0 Å². The van der Waals surface area contributed by atoms with Gasteiger partial charge in [0.2, 0.25) is 5.91 Å². The van der Waals surface area contributed by atoms with E-state index in [-0.39, 0.29) is 5.91 Å². The van der Waals surface area contributed by atoms with E-state index in [4.69, 9.17) is 4.98 Å². The maximum absolute atomic E-state index is 11.5. The second-order valence-electron chi connectivity index (χ2n) is 6.29. The number of benzene rings is 1. The van der Waals surface area contributed by atoms with E-state index in [1.807, 2.05) is 4.90 Å². The first-order valence-corrected chi connectivity index (χ1v) is 7.97. The van der Waals surface area contributed by atoms with Crippen molar-refractivity contribution < 1.29 is 4.79 Å². The Bertz CT molecular complexity index is 695. The molecule has 2 aliphatic rings. The van der Waals surface area contributed by atoms with Gasteiger partial charge >= 0.3 is 0 Å². The van der Waals surface area contributed by atoms with E-state index in [0.29, 0.717) is 5.92 Å². The lowest BCUT2D eigenvalue weighted by Crippen LogP contribution is -2.37. The second-order valence-corrected chi connectivity index (χ2v) is 6.29. The summed E-state index contributed by atoms with van der Waals surface area (Å²) >= 11 is 0. The topological polar surface area (TPSA) is 38.1 Å². The minimum Gasteiger partial charge on any atom is -0.343 e. The number of hydrogen-bond donors (Lipinski definition) is 0. The van der Waals surface area contributed by atoms with E-state index in [1.54, 1.807) is 6.92 Å². The van der Waals surface area contributed by atoms with Crippen LogP contribution >= 0.6 is 0 Å². The molecule has 0 saturated carbocycles. The average molecular weight is 283 g/mol. The molecule has 1 aromatic heterocycles. The number of carbonyl (C=O) groups excluding carboxylic acids is 1. The number of aryl methyl sites for hydroxylation is 2. The van der Waals surface area contributed by atoms with Gasteiger partial charge < -0.3 is 9.47 Å². The number of para-hydroxylation sites is 1. The van der Waals surface area contributed by atoms with E-state index in [1.165, 1.54) is 29.7 Å². The molecule has 1 amide bonds. The SMILES string of the molecule is CC(=O)N1CCC(c2nc3cccc4c3n2CCC4)CC1. The number of nitrogens with zero attached hydrogens (tertiary/aromatic N) is 3. The third-order valence-electron chi connectivity index (χ3n) is 5.01. The molecule has 1 fully saturated rings. The van der Waals surface area contributed by atoms with Gasteiger partial charge in [0.25, 0.3) is 0 Å². The van der Waals surface area contributed by atoms with E-state index < -0.39 is 0 Å². The maximum Gasteiger partial charge on any atom is 0.219 e. The van der Waals surface area contributed by atoms with Crippen molar-refractivity contribution in [3.05, 3.63) is 29.6 Å². The van der Waals surface area contributed by atoms with Gasteiger partial charge in [-0.1, -0.05) is 12.1 Å². The Morgan fingerprint density at radius 2 is 2.05 bits per heavy atom. The fraction of sp³-hybridized carbons (Fsp3) is 0.529. The number of likely N-dealkylation sites (tertiary alicyclic amines) is 1. The molecule has 0 aliphatic carbocycles. The summed E-state index contributed by atoms with van der Waals surface area (Å²) in [7, 11) is 0. The molecular formula is C17H21N3O. The van der Waals surface area contributed by atoms with Crippen LogP contribution in [0.4, 0.5) is 0 Å². The Morgan fingerprint density at radius 3 is 2.81 bits per heavy atom. The number of amides is 1. The van der Waals surface area contributed by atoms with E-state index >= 15 is 0 Å². The van der Waals surface area contributed by atoms with Gasteiger partial charge in [-0.2, -0.15) is 0 Å². The van der Waals surface area contributed by atoms with Crippen molar-refractivity contribution >= 4 is 16.9 Å². The van der Waals surface area contributed by atoms with Crippen molar-refractivity contribution in [3.63, 3.8) is 0 Å². The molecular weight excluding hydrogens is 262 g/mol. The molecule has 4 rings (SSSR count). The second kappa shape index (κ2) is 4.86. The first-order valence-electron chi connectivity index (χ1n) is 7.97. The van der Waals surface area contributed by atoms with Crippen LogP contribution in [0.5, 0.6) is 0 Å². The maximum atomic E-state index is 11.5. The van der Waals surface area contributed by atoms with Gasteiger partial charge in [0.1, 0.15) is 5.82 Å². The predicted octanol–water partition coefficient (Wildman–Crippen LogP) is 2.71. The first kappa shape index (κ1) is 12.9. The van der Waals surface area contributed by atoms with Gasteiger partial charge in [-0.15, -0.1) is 0 Å². The lowest BCUT2D eigenvalue weighted by Gasteiger charge is -2.31. The standard InChI is InChI=1S/C17H21N3O/c1-12(21)19-10-7-14(8-11-19)17-18-15-6-2-4-13-5-3-9-20(17)16(13)15/h2,4,6,14H,3,5,7-11H2,1H3. The molecule has 0 N–H and O–H groups in total. The first-order chi connectivity index (χ1) is 10.2. The van der Waals surface area contributed by atoms with Crippen LogP contribution in [0.2, 0.25) is 0 Å². The highest BCUT2D eigenvalue weighted by Crippen LogP contribution is 2.33. The zero-order chi connectivity index (χ0) is 14.4. The minimum absolute atomic E-state index is 0.199. The summed E-state index contributed by atoms with van der Waals surface area (Å²) in [6, 6.07) is 6.50. The van der Waals surface area contributed by atoms with Crippen LogP contribution in [-0.2, 0) is 17.8 Å². The highest BCUT2D eigenvalue weighted by molar-refractivity contribution is 5.80. The Hall–Kier alpha value is -1.84. The molecule has 0 bridgehead atoms. The molecule has 4 heteroatoms. The number of hydrogen-bond acceptors (Lipinski definition) is 2. The Labute approximate surface area is 124 Å². The molecule has 0 radical (unpaired) electrons. The van der Waals surface area contributed by atoms with Crippen LogP contribution < -0.4 is 0 Å². The van der Waals surface area contributed by atoms with E-state index in [0.717, 1.165) is 38.0 Å². The molecule has 3 heterocycles. The van der Waals surface area contributed by atoms with Crippen LogP contribution in [0.1, 0.15) is 43.5 Å². The summed E-state index contributed by atoms with van der Waals surface area (Å²) in [5, 5.41) is 0. The van der Waals surface area contributed by atoms with Crippen molar-refractivity contribution in [2.24, 2.45) is 0 Å². The largest absolute Gasteiger partial charge is 0.343 e. The summed E-state index contributed by atoms with van der Waals surface area (Å²) in [5.74, 6) is 1.95. The molecule has 2 aromatic rings. The molecule has 0 atom stereocenters. The number of carbonyl (C=O) groups is 1. The van der Waals surface area contributed by atoms with Crippen molar-refractivity contribution in [2.75, 3.05) is 13.1 Å². The molecule has 1 aromatic carbocycles. The van der Waals surface area contributed by atoms with Gasteiger partial charge in [0.15, 0.2) is 0 Å². The number of rotatable bonds is 1. The number of aromatic nitrogens is 2. The molecule has 0 unspecified atom stereocenters. The lowest BCUT2D eigenvalue weighted by molar-refractivity contribution is -0.129. The van der Waals surface area contributed by atoms with Gasteiger partial charge in [-0.05, 0) is 37.3 Å². The van der Waals surface area contributed by atoms with Crippen LogP contribution in [0.3, 0.4) is 0 Å². The summed E-state index contributed by atoms with van der Waals surface area (Å²) in [6.45, 7) is 4.50. The fourth-order valence-corrected chi connectivity index (χ4v) is 3.90. The summed E-state index contributed by atoms with van der Waals surface area (Å²) in [5.41, 5.74) is 3.95. The van der Waals surface area contributed by atoms with Crippen LogP contribution in [-0.4, -0.2) is 33.4 Å². The van der Waals surface area contributed by atoms with Crippen LogP contribution in [0, 0.1) is 0 Å². The number of piperidine rings is 1. The third kappa shape index (κ3) is 2.04. The quantitative estimate of drug-likeness (QED) is 0.807. The highest BCUT2D eigenvalue weighted by Gasteiger charge is 2.27. The summed E-state index contributed by atoms with van der Waals surface area (Å²) in [6.07, 6.45) is 4.46. The number of imidazole rings is 1. The normalized spacial score (nSPS) is 19.2. The molecule has 110 valence electrons. The molecule has 0 spiro atoms. The Kier molecular flexibility index (Phi) is 2.98. The van der Waals surface area contributed by atoms with Crippen LogP contribution in [0.25, 0.3) is 11.0 Å². The molecule has 4 nitrogen and oxygen atoms in total. The smallest absolute Gasteiger partial charge is 0.219 e. The highest BCUT2D eigenvalue weighted by atomic mass is 16.2. The molecule has 1 saturated heterocycles. The minimum atomic E-state index is 0.199. The van der Waals surface area contributed by atoms with Gasteiger partial charge in [-0.3, -0.25) is 4.79 Å². The average Bonchev–Trinajstić information content (AvgIpc) is 2.89. The van der Waals surface area contributed by atoms with Crippen molar-refractivity contribution in [1.29, 1.82) is 0 Å². The van der Waals surface area contributed by atoms with Crippen molar-refractivity contribution in [2.45, 2.75) is 45.1 Å². The third-order valence-corrected chi connectivity index (χ3v) is 5.01. The summed E-state index contributed by atoms with van der Waals surface area (Å²) in [4.78, 5) is 18.4. The van der Waals surface area contributed by atoms with Crippen molar-refractivity contribution in [3.8, 4) is 0 Å². The molecule has 2 aliphatic heterocycles. The van der Waals surface area contributed by atoms with Crippen LogP contribution in [0.15, 0.2) is 18.2 Å². The predicted molar refractivity (Wildman–Crippen MR) is 82.3 cm³/mol. The van der Waals surface area contributed by atoms with E-state index in [9.17, 15) is 4.79 Å². The molecule has 21 heavy (non-hydrogen) atoms. The Morgan fingerprint density at radius 1 is 1.24 bits per heavy atom. The summed E-state index contributed by atoms with van der Waals surface area (Å²) < 4.78 is 2.45. The van der Waals surface area contributed by atoms with Gasteiger partial charge in [0, 0.05) is 32.5 Å².